The predicted molar refractivity (Wildman–Crippen MR) is 120 cm³/mol. The summed E-state index contributed by atoms with van der Waals surface area (Å²) in [5, 5.41) is 11.5. The number of carbonyl (C=O) groups is 1. The molecule has 0 aromatic heterocycles. The van der Waals surface area contributed by atoms with Crippen LogP contribution in [0.25, 0.3) is 0 Å². The molecule has 3 heterocycles. The number of piperidine rings is 1. The van der Waals surface area contributed by atoms with E-state index in [4.69, 9.17) is 14.0 Å². The molecule has 1 aromatic rings. The molecule has 6 nitrogen and oxygen atoms in total. The number of nitrogens with zero attached hydrogens (tertiary/aromatic N) is 1. The van der Waals surface area contributed by atoms with Crippen LogP contribution in [0.2, 0.25) is 0 Å². The molecule has 2 atom stereocenters. The standard InChI is InChI=1S/C24H36BNO5/c1-21(2,3)29-20(27)26-18-12-13-19(26)15-24(28,14-18)16-8-10-17(11-9-16)25-30-22(4,5)23(6,7)31-25/h8-11,18-19,28H,12-15H2,1-7H3. The van der Waals surface area contributed by atoms with Crippen LogP contribution < -0.4 is 5.46 Å². The number of fused-ring (bicyclic) bond motifs is 2. The normalized spacial score (nSPS) is 31.7. The molecule has 170 valence electrons. The number of benzene rings is 1. The minimum atomic E-state index is -0.946. The maximum Gasteiger partial charge on any atom is 0.494 e. The first-order valence-corrected chi connectivity index (χ1v) is 11.4. The molecule has 31 heavy (non-hydrogen) atoms. The summed E-state index contributed by atoms with van der Waals surface area (Å²) in [5.74, 6) is 0. The van der Waals surface area contributed by atoms with Crippen molar-refractivity contribution in [2.45, 2.75) is 109 Å². The molecule has 2 bridgehead atoms. The molecule has 3 fully saturated rings. The molecule has 4 rings (SSSR count). The Labute approximate surface area is 186 Å². The van der Waals surface area contributed by atoms with Crippen LogP contribution in [-0.2, 0) is 19.6 Å². The van der Waals surface area contributed by atoms with E-state index in [0.717, 1.165) is 23.9 Å². The van der Waals surface area contributed by atoms with E-state index in [1.54, 1.807) is 0 Å². The lowest BCUT2D eigenvalue weighted by atomic mass is 9.76. The van der Waals surface area contributed by atoms with Crippen molar-refractivity contribution in [1.29, 1.82) is 0 Å². The van der Waals surface area contributed by atoms with Gasteiger partial charge in [0.25, 0.3) is 0 Å². The van der Waals surface area contributed by atoms with Gasteiger partial charge in [0.15, 0.2) is 0 Å². The number of aliphatic hydroxyl groups is 1. The van der Waals surface area contributed by atoms with Gasteiger partial charge in [0.05, 0.1) is 16.8 Å². The zero-order valence-corrected chi connectivity index (χ0v) is 19.9. The summed E-state index contributed by atoms with van der Waals surface area (Å²) in [6.45, 7) is 13.8. The summed E-state index contributed by atoms with van der Waals surface area (Å²) in [6, 6.07) is 7.92. The van der Waals surface area contributed by atoms with Gasteiger partial charge in [0, 0.05) is 24.9 Å². The Hall–Kier alpha value is -1.57. The molecule has 1 aromatic carbocycles. The summed E-state index contributed by atoms with van der Waals surface area (Å²) >= 11 is 0. The highest BCUT2D eigenvalue weighted by molar-refractivity contribution is 6.62. The van der Waals surface area contributed by atoms with Crippen LogP contribution in [0.1, 0.15) is 79.7 Å². The van der Waals surface area contributed by atoms with Gasteiger partial charge in [-0.05, 0) is 72.3 Å². The molecular formula is C24H36BNO5. The first kappa shape index (κ1) is 22.6. The molecular weight excluding hydrogens is 393 g/mol. The summed E-state index contributed by atoms with van der Waals surface area (Å²) in [5.41, 5.74) is -0.412. The number of hydrogen-bond acceptors (Lipinski definition) is 5. The Kier molecular flexibility index (Phi) is 5.27. The van der Waals surface area contributed by atoms with Gasteiger partial charge in [0.2, 0.25) is 0 Å². The van der Waals surface area contributed by atoms with E-state index >= 15 is 0 Å². The highest BCUT2D eigenvalue weighted by Crippen LogP contribution is 2.46. The zero-order chi connectivity index (χ0) is 22.8. The second kappa shape index (κ2) is 7.22. The van der Waals surface area contributed by atoms with Crippen LogP contribution in [0, 0.1) is 0 Å². The van der Waals surface area contributed by atoms with E-state index in [1.807, 2.05) is 77.6 Å². The smallest absolute Gasteiger partial charge is 0.444 e. The van der Waals surface area contributed by atoms with Gasteiger partial charge >= 0.3 is 13.2 Å². The van der Waals surface area contributed by atoms with Crippen molar-refractivity contribution >= 4 is 18.7 Å². The maximum absolute atomic E-state index is 12.7. The van der Waals surface area contributed by atoms with E-state index < -0.39 is 18.3 Å². The fraction of sp³-hybridized carbons (Fsp3) is 0.708. The van der Waals surface area contributed by atoms with Gasteiger partial charge in [-0.2, -0.15) is 0 Å². The van der Waals surface area contributed by atoms with E-state index in [1.165, 1.54) is 0 Å². The van der Waals surface area contributed by atoms with Crippen molar-refractivity contribution in [1.82, 2.24) is 4.90 Å². The predicted octanol–water partition coefficient (Wildman–Crippen LogP) is 3.74. The van der Waals surface area contributed by atoms with Crippen molar-refractivity contribution in [3.05, 3.63) is 29.8 Å². The fourth-order valence-corrected chi connectivity index (χ4v) is 5.00. The molecule has 1 N–H and O–H groups in total. The topological polar surface area (TPSA) is 68.2 Å². The molecule has 3 saturated heterocycles. The molecule has 7 heteroatoms. The Bertz CT molecular complexity index is 815. The van der Waals surface area contributed by atoms with Crippen LogP contribution in [0.4, 0.5) is 4.79 Å². The van der Waals surface area contributed by atoms with E-state index in [-0.39, 0.29) is 29.4 Å². The third-order valence-corrected chi connectivity index (χ3v) is 7.34. The van der Waals surface area contributed by atoms with Crippen LogP contribution in [0.15, 0.2) is 24.3 Å². The zero-order valence-electron chi connectivity index (χ0n) is 19.9. The van der Waals surface area contributed by atoms with Gasteiger partial charge in [-0.3, -0.25) is 0 Å². The minimum Gasteiger partial charge on any atom is -0.444 e. The lowest BCUT2D eigenvalue weighted by Crippen LogP contribution is -2.53. The number of hydrogen-bond donors (Lipinski definition) is 1. The Morgan fingerprint density at radius 1 is 1.03 bits per heavy atom. The molecule has 0 radical (unpaired) electrons. The largest absolute Gasteiger partial charge is 0.494 e. The van der Waals surface area contributed by atoms with Crippen LogP contribution in [-0.4, -0.2) is 52.1 Å². The number of rotatable bonds is 2. The van der Waals surface area contributed by atoms with Crippen molar-refractivity contribution in [2.24, 2.45) is 0 Å². The van der Waals surface area contributed by atoms with Crippen LogP contribution in [0.5, 0.6) is 0 Å². The molecule has 0 spiro atoms. The average molecular weight is 429 g/mol. The molecule has 0 aliphatic carbocycles. The van der Waals surface area contributed by atoms with Crippen molar-refractivity contribution in [3.63, 3.8) is 0 Å². The Morgan fingerprint density at radius 3 is 1.97 bits per heavy atom. The van der Waals surface area contributed by atoms with E-state index in [2.05, 4.69) is 0 Å². The summed E-state index contributed by atoms with van der Waals surface area (Å²) < 4.78 is 17.9. The summed E-state index contributed by atoms with van der Waals surface area (Å²) in [6.07, 6.45) is 2.59. The SMILES string of the molecule is CC(C)(C)OC(=O)N1C2CCC1CC(O)(c1ccc(B3OC(C)(C)C(C)(C)O3)cc1)C2. The molecule has 0 saturated carbocycles. The van der Waals surface area contributed by atoms with Crippen molar-refractivity contribution in [2.75, 3.05) is 0 Å². The third-order valence-electron chi connectivity index (χ3n) is 7.34. The molecule has 2 unspecified atom stereocenters. The van der Waals surface area contributed by atoms with Gasteiger partial charge < -0.3 is 24.1 Å². The van der Waals surface area contributed by atoms with Crippen LogP contribution in [0.3, 0.4) is 0 Å². The minimum absolute atomic E-state index is 0.00127. The lowest BCUT2D eigenvalue weighted by Gasteiger charge is -2.44. The second-order valence-electron chi connectivity index (χ2n) is 11.4. The summed E-state index contributed by atoms with van der Waals surface area (Å²) in [7, 11) is -0.418. The van der Waals surface area contributed by atoms with Gasteiger partial charge in [-0.15, -0.1) is 0 Å². The number of carbonyl (C=O) groups excluding carboxylic acids is 1. The highest BCUT2D eigenvalue weighted by Gasteiger charge is 2.53. The van der Waals surface area contributed by atoms with Gasteiger partial charge in [-0.1, -0.05) is 24.3 Å². The highest BCUT2D eigenvalue weighted by atomic mass is 16.7. The van der Waals surface area contributed by atoms with Crippen molar-refractivity contribution in [3.8, 4) is 0 Å². The van der Waals surface area contributed by atoms with E-state index in [0.29, 0.717) is 12.8 Å². The van der Waals surface area contributed by atoms with E-state index in [9.17, 15) is 9.90 Å². The third kappa shape index (κ3) is 4.12. The van der Waals surface area contributed by atoms with Gasteiger partial charge in [0.1, 0.15) is 5.60 Å². The second-order valence-corrected chi connectivity index (χ2v) is 11.4. The van der Waals surface area contributed by atoms with Crippen LogP contribution >= 0.6 is 0 Å². The molecule has 1 amide bonds. The molecule has 3 aliphatic rings. The van der Waals surface area contributed by atoms with Gasteiger partial charge in [-0.25, -0.2) is 4.79 Å². The first-order chi connectivity index (χ1) is 14.2. The fourth-order valence-electron chi connectivity index (χ4n) is 5.00. The number of ether oxygens (including phenoxy) is 1. The Balaban J connectivity index is 1.48. The summed E-state index contributed by atoms with van der Waals surface area (Å²) in [4.78, 5) is 14.6. The quantitative estimate of drug-likeness (QED) is 0.726. The molecule has 3 aliphatic heterocycles. The Morgan fingerprint density at radius 2 is 1.52 bits per heavy atom. The lowest BCUT2D eigenvalue weighted by molar-refractivity contribution is -0.0624. The van der Waals surface area contributed by atoms with Crippen molar-refractivity contribution < 1.29 is 23.9 Å². The monoisotopic (exact) mass is 429 g/mol. The maximum atomic E-state index is 12.7. The number of amides is 1. The first-order valence-electron chi connectivity index (χ1n) is 11.4. The average Bonchev–Trinajstić information content (AvgIpc) is 3.03.